The Hall–Kier alpha value is -1.75. The Kier molecular flexibility index (Phi) is 4.83. The van der Waals surface area contributed by atoms with E-state index >= 15 is 0 Å². The van der Waals surface area contributed by atoms with E-state index in [1.165, 1.54) is 12.1 Å². The van der Waals surface area contributed by atoms with Gasteiger partial charge in [0.15, 0.2) is 5.82 Å². The molecule has 0 spiro atoms. The molecule has 1 atom stereocenters. The lowest BCUT2D eigenvalue weighted by Crippen LogP contribution is -2.23. The molecular weight excluding hydrogens is 281 g/mol. The summed E-state index contributed by atoms with van der Waals surface area (Å²) in [5, 5.41) is 4.04. The van der Waals surface area contributed by atoms with Gasteiger partial charge in [0.1, 0.15) is 5.82 Å². The van der Waals surface area contributed by atoms with Gasteiger partial charge in [-0.05, 0) is 43.5 Å². The van der Waals surface area contributed by atoms with Crippen molar-refractivity contribution in [3.05, 3.63) is 47.4 Å². The molecule has 0 aliphatic carbocycles. The highest BCUT2D eigenvalue weighted by molar-refractivity contribution is 5.21. The summed E-state index contributed by atoms with van der Waals surface area (Å²) in [5.74, 6) is 1.29. The minimum absolute atomic E-state index is 0.189. The molecule has 1 aliphatic heterocycles. The summed E-state index contributed by atoms with van der Waals surface area (Å²) in [6.07, 6.45) is 5.31. The largest absolute Gasteiger partial charge is 0.338 e. The molecule has 118 valence electrons. The predicted octanol–water partition coefficient (Wildman–Crippen LogP) is 3.89. The fraction of sp³-hybridized carbons (Fsp3) is 0.529. The van der Waals surface area contributed by atoms with Gasteiger partial charge in [0.25, 0.3) is 0 Å². The van der Waals surface area contributed by atoms with Crippen molar-refractivity contribution in [3.8, 4) is 0 Å². The van der Waals surface area contributed by atoms with Crippen molar-refractivity contribution in [1.82, 2.24) is 15.0 Å². The van der Waals surface area contributed by atoms with Crippen LogP contribution in [0.3, 0.4) is 0 Å². The van der Waals surface area contributed by atoms with Crippen LogP contribution in [-0.4, -0.2) is 21.6 Å². The molecule has 5 heteroatoms. The van der Waals surface area contributed by atoms with E-state index in [1.54, 1.807) is 0 Å². The molecular formula is C17H22FN3O. The molecule has 1 saturated heterocycles. The Morgan fingerprint density at radius 2 is 2.14 bits per heavy atom. The smallest absolute Gasteiger partial charge is 0.240 e. The number of aromatic nitrogens is 2. The van der Waals surface area contributed by atoms with Crippen LogP contribution in [0.1, 0.15) is 55.9 Å². The van der Waals surface area contributed by atoms with Gasteiger partial charge in [-0.1, -0.05) is 30.6 Å². The minimum Gasteiger partial charge on any atom is -0.338 e. The quantitative estimate of drug-likeness (QED) is 0.812. The number of aryl methyl sites for hydroxylation is 1. The number of likely N-dealkylation sites (tertiary alicyclic amines) is 1. The summed E-state index contributed by atoms with van der Waals surface area (Å²) in [5.41, 5.74) is 1.16. The van der Waals surface area contributed by atoms with Gasteiger partial charge in [-0.2, -0.15) is 4.98 Å². The van der Waals surface area contributed by atoms with E-state index in [0.29, 0.717) is 18.5 Å². The lowest BCUT2D eigenvalue weighted by Gasteiger charge is -2.23. The minimum atomic E-state index is -0.189. The first-order valence-corrected chi connectivity index (χ1v) is 8.07. The summed E-state index contributed by atoms with van der Waals surface area (Å²) in [6.45, 7) is 3.83. The van der Waals surface area contributed by atoms with Crippen LogP contribution in [0.4, 0.5) is 4.39 Å². The van der Waals surface area contributed by atoms with Crippen molar-refractivity contribution >= 4 is 0 Å². The van der Waals surface area contributed by atoms with Crippen LogP contribution in [0.15, 0.2) is 28.8 Å². The van der Waals surface area contributed by atoms with Crippen molar-refractivity contribution in [3.63, 3.8) is 0 Å². The van der Waals surface area contributed by atoms with Gasteiger partial charge >= 0.3 is 0 Å². The van der Waals surface area contributed by atoms with E-state index in [2.05, 4.69) is 22.0 Å². The fourth-order valence-corrected chi connectivity index (χ4v) is 3.04. The van der Waals surface area contributed by atoms with Gasteiger partial charge in [0.05, 0.1) is 6.54 Å². The first-order valence-electron chi connectivity index (χ1n) is 8.07. The van der Waals surface area contributed by atoms with E-state index in [9.17, 15) is 4.39 Å². The maximum absolute atomic E-state index is 13.1. The van der Waals surface area contributed by atoms with Crippen molar-refractivity contribution in [2.24, 2.45) is 0 Å². The van der Waals surface area contributed by atoms with E-state index < -0.39 is 0 Å². The maximum Gasteiger partial charge on any atom is 0.240 e. The van der Waals surface area contributed by atoms with Crippen LogP contribution >= 0.6 is 0 Å². The Morgan fingerprint density at radius 3 is 2.91 bits per heavy atom. The van der Waals surface area contributed by atoms with Crippen LogP contribution in [0, 0.1) is 5.82 Å². The van der Waals surface area contributed by atoms with Crippen molar-refractivity contribution in [2.45, 2.75) is 51.6 Å². The second kappa shape index (κ2) is 7.01. The third-order valence-corrected chi connectivity index (χ3v) is 4.22. The summed E-state index contributed by atoms with van der Waals surface area (Å²) in [4.78, 5) is 6.81. The van der Waals surface area contributed by atoms with E-state index in [0.717, 1.165) is 50.0 Å². The average molecular weight is 303 g/mol. The van der Waals surface area contributed by atoms with Crippen LogP contribution in [0.25, 0.3) is 0 Å². The lowest BCUT2D eigenvalue weighted by atomic mass is 10.0. The van der Waals surface area contributed by atoms with Crippen molar-refractivity contribution in [2.75, 3.05) is 6.54 Å². The molecule has 4 nitrogen and oxygen atoms in total. The molecule has 2 aromatic rings. The van der Waals surface area contributed by atoms with E-state index in [1.807, 2.05) is 12.1 Å². The monoisotopic (exact) mass is 303 g/mol. The Balaban J connectivity index is 1.65. The predicted molar refractivity (Wildman–Crippen MR) is 81.7 cm³/mol. The number of unbranched alkanes of at least 4 members (excludes halogenated alkanes) is 1. The summed E-state index contributed by atoms with van der Waals surface area (Å²) in [7, 11) is 0. The van der Waals surface area contributed by atoms with Gasteiger partial charge in [-0.25, -0.2) is 4.39 Å². The standard InChI is InChI=1S/C17H22FN3O/c1-2-3-6-16-19-17(22-20-16)12-21-11-4-5-15(21)13-7-9-14(18)10-8-13/h7-10,15H,2-6,11-12H2,1H3. The molecule has 1 unspecified atom stereocenters. The zero-order chi connectivity index (χ0) is 15.4. The Bertz CT molecular complexity index is 596. The molecule has 0 radical (unpaired) electrons. The normalized spacial score (nSPS) is 18.9. The summed E-state index contributed by atoms with van der Waals surface area (Å²) < 4.78 is 18.4. The van der Waals surface area contributed by atoms with Crippen LogP contribution < -0.4 is 0 Å². The van der Waals surface area contributed by atoms with Gasteiger partial charge < -0.3 is 4.52 Å². The third kappa shape index (κ3) is 3.53. The van der Waals surface area contributed by atoms with Crippen LogP contribution in [-0.2, 0) is 13.0 Å². The Labute approximate surface area is 130 Å². The molecule has 3 rings (SSSR count). The van der Waals surface area contributed by atoms with Gasteiger partial charge in [-0.3, -0.25) is 4.90 Å². The number of hydrogen-bond donors (Lipinski definition) is 0. The molecule has 0 saturated carbocycles. The maximum atomic E-state index is 13.1. The summed E-state index contributed by atoms with van der Waals surface area (Å²) in [6, 6.07) is 7.12. The van der Waals surface area contributed by atoms with Gasteiger partial charge in [0.2, 0.25) is 5.89 Å². The van der Waals surface area contributed by atoms with E-state index in [-0.39, 0.29) is 5.82 Å². The molecule has 1 fully saturated rings. The van der Waals surface area contributed by atoms with Crippen molar-refractivity contribution in [1.29, 1.82) is 0 Å². The number of nitrogens with zero attached hydrogens (tertiary/aromatic N) is 3. The number of benzene rings is 1. The number of halogens is 1. The second-order valence-electron chi connectivity index (χ2n) is 5.89. The molecule has 2 heterocycles. The molecule has 0 bridgehead atoms. The van der Waals surface area contributed by atoms with E-state index in [4.69, 9.17) is 4.52 Å². The van der Waals surface area contributed by atoms with Gasteiger partial charge in [0, 0.05) is 12.5 Å². The molecule has 0 amide bonds. The van der Waals surface area contributed by atoms with Crippen LogP contribution in [0.5, 0.6) is 0 Å². The topological polar surface area (TPSA) is 42.2 Å². The Morgan fingerprint density at radius 1 is 1.32 bits per heavy atom. The second-order valence-corrected chi connectivity index (χ2v) is 5.89. The van der Waals surface area contributed by atoms with Crippen LogP contribution in [0.2, 0.25) is 0 Å². The zero-order valence-corrected chi connectivity index (χ0v) is 13.0. The third-order valence-electron chi connectivity index (χ3n) is 4.22. The SMILES string of the molecule is CCCCc1noc(CN2CCCC2c2ccc(F)cc2)n1. The highest BCUT2D eigenvalue weighted by Gasteiger charge is 2.27. The molecule has 1 aromatic heterocycles. The highest BCUT2D eigenvalue weighted by atomic mass is 19.1. The highest BCUT2D eigenvalue weighted by Crippen LogP contribution is 2.32. The zero-order valence-electron chi connectivity index (χ0n) is 13.0. The average Bonchev–Trinajstić information content (AvgIpc) is 3.16. The summed E-state index contributed by atoms with van der Waals surface area (Å²) >= 11 is 0. The fourth-order valence-electron chi connectivity index (χ4n) is 3.04. The lowest BCUT2D eigenvalue weighted by molar-refractivity contribution is 0.212. The van der Waals surface area contributed by atoms with Crippen molar-refractivity contribution < 1.29 is 8.91 Å². The molecule has 1 aromatic carbocycles. The molecule has 1 aliphatic rings. The first-order chi connectivity index (χ1) is 10.8. The molecule has 22 heavy (non-hydrogen) atoms. The number of hydrogen-bond acceptors (Lipinski definition) is 4. The molecule has 0 N–H and O–H groups in total. The number of rotatable bonds is 6. The first kappa shape index (κ1) is 15.2. The van der Waals surface area contributed by atoms with Gasteiger partial charge in [-0.15, -0.1) is 0 Å².